The second-order valence-electron chi connectivity index (χ2n) is 7.39. The molecular weight excluding hydrogens is 388 g/mol. The number of hydrogen-bond acceptors (Lipinski definition) is 5. The topological polar surface area (TPSA) is 45.5 Å². The van der Waals surface area contributed by atoms with Crippen LogP contribution in [0.25, 0.3) is 0 Å². The minimum atomic E-state index is -0.0101. The van der Waals surface area contributed by atoms with Crippen LogP contribution in [0.3, 0.4) is 0 Å². The molecule has 0 aliphatic carbocycles. The molecule has 1 amide bonds. The van der Waals surface area contributed by atoms with Crippen molar-refractivity contribution >= 4 is 29.4 Å². The zero-order valence-electron chi connectivity index (χ0n) is 16.1. The van der Waals surface area contributed by atoms with Gasteiger partial charge in [-0.15, -0.1) is 23.5 Å². The van der Waals surface area contributed by atoms with Crippen LogP contribution < -0.4 is 5.32 Å². The molecule has 4 nitrogen and oxygen atoms in total. The molecule has 3 heterocycles. The lowest BCUT2D eigenvalue weighted by molar-refractivity contribution is 0.0914. The Morgan fingerprint density at radius 2 is 1.82 bits per heavy atom. The number of carbonyl (C=O) groups excluding carboxylic acids is 1. The number of thioether (sulfide) groups is 2. The zero-order chi connectivity index (χ0) is 19.2. The van der Waals surface area contributed by atoms with Crippen molar-refractivity contribution in [1.82, 2.24) is 10.2 Å². The van der Waals surface area contributed by atoms with Crippen molar-refractivity contribution in [2.75, 3.05) is 31.1 Å². The first-order valence-corrected chi connectivity index (χ1v) is 12.3. The molecule has 2 aliphatic rings. The largest absolute Gasteiger partial charge is 0.468 e. The summed E-state index contributed by atoms with van der Waals surface area (Å²) in [6.45, 7) is 2.70. The first-order chi connectivity index (χ1) is 13.8. The van der Waals surface area contributed by atoms with E-state index >= 15 is 0 Å². The van der Waals surface area contributed by atoms with Gasteiger partial charge < -0.3 is 9.73 Å². The number of carbonyl (C=O) groups is 1. The highest BCUT2D eigenvalue weighted by molar-refractivity contribution is 8.16. The monoisotopic (exact) mass is 416 g/mol. The molecule has 28 heavy (non-hydrogen) atoms. The molecule has 0 bridgehead atoms. The summed E-state index contributed by atoms with van der Waals surface area (Å²) >= 11 is 4.01. The van der Waals surface area contributed by atoms with E-state index in [9.17, 15) is 4.79 Å². The Hall–Kier alpha value is -1.37. The molecule has 1 aromatic heterocycles. The highest BCUT2D eigenvalue weighted by Crippen LogP contribution is 2.43. The quantitative estimate of drug-likeness (QED) is 0.709. The highest BCUT2D eigenvalue weighted by Gasteiger charge is 2.25. The number of nitrogens with zero attached hydrogens (tertiary/aromatic N) is 1. The minimum Gasteiger partial charge on any atom is -0.468 e. The Morgan fingerprint density at radius 1 is 1.07 bits per heavy atom. The second-order valence-corrected chi connectivity index (χ2v) is 10.1. The summed E-state index contributed by atoms with van der Waals surface area (Å²) in [6, 6.07) is 12.2. The number of benzene rings is 1. The van der Waals surface area contributed by atoms with Crippen molar-refractivity contribution < 1.29 is 9.21 Å². The van der Waals surface area contributed by atoms with E-state index in [0.717, 1.165) is 24.4 Å². The molecule has 0 radical (unpaired) electrons. The van der Waals surface area contributed by atoms with Gasteiger partial charge in [-0.25, -0.2) is 0 Å². The van der Waals surface area contributed by atoms with Gasteiger partial charge in [-0.2, -0.15) is 0 Å². The number of likely N-dealkylation sites (tertiary alicyclic amines) is 1. The van der Waals surface area contributed by atoms with Gasteiger partial charge in [0.15, 0.2) is 0 Å². The predicted octanol–water partition coefficient (Wildman–Crippen LogP) is 5.11. The molecular formula is C22H28N2O2S2. The molecule has 6 heteroatoms. The SMILES string of the molecule is O=C(NCC(c1ccco1)N1CCCCC1)c1ccc(C2SCCCS2)cc1. The molecule has 2 aromatic rings. The Morgan fingerprint density at radius 3 is 2.50 bits per heavy atom. The van der Waals surface area contributed by atoms with Crippen LogP contribution >= 0.6 is 23.5 Å². The number of furan rings is 1. The lowest BCUT2D eigenvalue weighted by atomic mass is 10.1. The van der Waals surface area contributed by atoms with E-state index in [-0.39, 0.29) is 11.9 Å². The Balaban J connectivity index is 1.37. The third-order valence-electron chi connectivity index (χ3n) is 5.43. The molecule has 1 N–H and O–H groups in total. The van der Waals surface area contributed by atoms with Gasteiger partial charge >= 0.3 is 0 Å². The predicted molar refractivity (Wildman–Crippen MR) is 118 cm³/mol. The van der Waals surface area contributed by atoms with Gasteiger partial charge in [-0.3, -0.25) is 9.69 Å². The molecule has 150 valence electrons. The maximum absolute atomic E-state index is 12.7. The van der Waals surface area contributed by atoms with E-state index in [1.54, 1.807) is 6.26 Å². The standard InChI is InChI=1S/C22H28N2O2S2/c25-21(17-7-9-18(10-8-17)22-27-14-5-15-28-22)23-16-19(20-6-4-13-26-20)24-11-2-1-3-12-24/h4,6-10,13,19,22H,1-3,5,11-12,14-16H2,(H,23,25). The van der Waals surface area contributed by atoms with Crippen LogP contribution in [0.5, 0.6) is 0 Å². The van der Waals surface area contributed by atoms with E-state index < -0.39 is 0 Å². The Bertz CT molecular complexity index is 736. The number of piperidine rings is 1. The van der Waals surface area contributed by atoms with Gasteiger partial charge in [0.25, 0.3) is 5.91 Å². The Kier molecular flexibility index (Phi) is 7.04. The Labute approximate surface area is 175 Å². The van der Waals surface area contributed by atoms with Crippen LogP contribution in [0.15, 0.2) is 47.1 Å². The van der Waals surface area contributed by atoms with E-state index in [1.165, 1.54) is 42.8 Å². The fourth-order valence-corrected chi connectivity index (χ4v) is 6.78. The van der Waals surface area contributed by atoms with E-state index in [2.05, 4.69) is 22.3 Å². The maximum Gasteiger partial charge on any atom is 0.251 e. The fourth-order valence-electron chi connectivity index (χ4n) is 3.88. The first kappa shape index (κ1) is 19.9. The average Bonchev–Trinajstić information content (AvgIpc) is 3.30. The van der Waals surface area contributed by atoms with Crippen molar-refractivity contribution in [1.29, 1.82) is 0 Å². The molecule has 1 unspecified atom stereocenters. The summed E-state index contributed by atoms with van der Waals surface area (Å²) in [5.41, 5.74) is 2.04. The number of rotatable bonds is 6. The summed E-state index contributed by atoms with van der Waals surface area (Å²) in [5, 5.41) is 3.13. The molecule has 2 saturated heterocycles. The average molecular weight is 417 g/mol. The smallest absolute Gasteiger partial charge is 0.251 e. The van der Waals surface area contributed by atoms with Crippen LogP contribution in [0.4, 0.5) is 0 Å². The molecule has 2 aliphatic heterocycles. The summed E-state index contributed by atoms with van der Waals surface area (Å²) in [7, 11) is 0. The van der Waals surface area contributed by atoms with Crippen LogP contribution in [0.2, 0.25) is 0 Å². The van der Waals surface area contributed by atoms with Gasteiger partial charge in [0.2, 0.25) is 0 Å². The molecule has 4 rings (SSSR count). The molecule has 2 fully saturated rings. The van der Waals surface area contributed by atoms with Crippen molar-refractivity contribution in [2.24, 2.45) is 0 Å². The van der Waals surface area contributed by atoms with E-state index in [1.807, 2.05) is 47.8 Å². The van der Waals surface area contributed by atoms with Gasteiger partial charge in [-0.05, 0) is 73.7 Å². The van der Waals surface area contributed by atoms with Gasteiger partial charge in [-0.1, -0.05) is 18.6 Å². The second kappa shape index (κ2) is 9.90. The number of nitrogens with one attached hydrogen (secondary N) is 1. The minimum absolute atomic E-state index is 0.0101. The van der Waals surface area contributed by atoms with Gasteiger partial charge in [0.05, 0.1) is 16.9 Å². The first-order valence-electron chi connectivity index (χ1n) is 10.2. The third kappa shape index (κ3) is 4.97. The van der Waals surface area contributed by atoms with Crippen LogP contribution in [0, 0.1) is 0 Å². The summed E-state index contributed by atoms with van der Waals surface area (Å²) < 4.78 is 6.18. The molecule has 0 spiro atoms. The molecule has 1 aromatic carbocycles. The maximum atomic E-state index is 12.7. The van der Waals surface area contributed by atoms with Crippen molar-refractivity contribution in [2.45, 2.75) is 36.3 Å². The van der Waals surface area contributed by atoms with Gasteiger partial charge in [0.1, 0.15) is 5.76 Å². The molecule has 0 saturated carbocycles. The normalized spacial score (nSPS) is 20.0. The molecule has 1 atom stereocenters. The van der Waals surface area contributed by atoms with E-state index in [0.29, 0.717) is 11.1 Å². The van der Waals surface area contributed by atoms with Crippen molar-refractivity contribution in [3.05, 3.63) is 59.5 Å². The number of hydrogen-bond donors (Lipinski definition) is 1. The van der Waals surface area contributed by atoms with Gasteiger partial charge in [0, 0.05) is 12.1 Å². The highest BCUT2D eigenvalue weighted by atomic mass is 32.2. The third-order valence-corrected chi connectivity index (χ3v) is 8.45. The summed E-state index contributed by atoms with van der Waals surface area (Å²) in [5.74, 6) is 3.38. The zero-order valence-corrected chi connectivity index (χ0v) is 17.8. The van der Waals surface area contributed by atoms with E-state index in [4.69, 9.17) is 4.42 Å². The van der Waals surface area contributed by atoms with Crippen LogP contribution in [0.1, 0.15) is 58.0 Å². The lowest BCUT2D eigenvalue weighted by Gasteiger charge is -2.33. The summed E-state index contributed by atoms with van der Waals surface area (Å²) in [4.78, 5) is 15.2. The fraction of sp³-hybridized carbons (Fsp3) is 0.500. The summed E-state index contributed by atoms with van der Waals surface area (Å²) in [6.07, 6.45) is 6.72. The van der Waals surface area contributed by atoms with Crippen molar-refractivity contribution in [3.8, 4) is 0 Å². The van der Waals surface area contributed by atoms with Crippen molar-refractivity contribution in [3.63, 3.8) is 0 Å². The lowest BCUT2D eigenvalue weighted by Crippen LogP contribution is -2.40. The van der Waals surface area contributed by atoms with Crippen LogP contribution in [-0.2, 0) is 0 Å². The van der Waals surface area contributed by atoms with Crippen LogP contribution in [-0.4, -0.2) is 41.9 Å². The number of amides is 1.